The summed E-state index contributed by atoms with van der Waals surface area (Å²) in [6.45, 7) is 11.7. The van der Waals surface area contributed by atoms with Crippen molar-refractivity contribution in [1.29, 1.82) is 0 Å². The molecular weight excluding hydrogens is 669 g/mol. The van der Waals surface area contributed by atoms with Gasteiger partial charge in [0.25, 0.3) is 5.91 Å². The number of ether oxygens (including phenoxy) is 2. The summed E-state index contributed by atoms with van der Waals surface area (Å²) in [5.74, 6) is -1.93. The Morgan fingerprint density at radius 3 is 2.41 bits per heavy atom. The zero-order valence-electron chi connectivity index (χ0n) is 30.9. The molecule has 2 unspecified atom stereocenters. The van der Waals surface area contributed by atoms with Gasteiger partial charge in [-0.3, -0.25) is 19.3 Å². The molecule has 0 radical (unpaired) electrons. The number of benzene rings is 1. The number of nitrogens with one attached hydrogen (secondary N) is 1. The molecule has 11 nitrogen and oxygen atoms in total. The highest BCUT2D eigenvalue weighted by molar-refractivity contribution is 7.09. The van der Waals surface area contributed by atoms with E-state index in [9.17, 15) is 24.3 Å². The fraction of sp³-hybridized carbons (Fsp3) is 0.667. The molecule has 2 aromatic rings. The van der Waals surface area contributed by atoms with E-state index >= 15 is 0 Å². The molecule has 0 spiro atoms. The second-order valence-corrected chi connectivity index (χ2v) is 14.8. The number of hydrogen-bond donors (Lipinski definition) is 2. The second kappa shape index (κ2) is 22.0. The number of rotatable bonds is 21. The number of carbonyl (C=O) groups excluding carboxylic acids is 3. The topological polar surface area (TPSA) is 138 Å². The number of hydrogen-bond acceptors (Lipinski definition) is 9. The SMILES string of the molecule is C.CCCN(C(=O)C(CC(=O)C1CCCCN1C)[C@@H](C)CC)[C@H](C[C@@H](OCOC)c1nc(C(=O)N[C@@H](Cc2ccccc2)C(=O)O)cs1)C(C)C. The van der Waals surface area contributed by atoms with Gasteiger partial charge in [0.1, 0.15) is 29.6 Å². The normalized spacial score (nSPS) is 17.8. The molecule has 0 bridgehead atoms. The molecule has 12 heteroatoms. The minimum atomic E-state index is -1.14. The molecule has 51 heavy (non-hydrogen) atoms. The number of piperidine rings is 1. The molecule has 2 heterocycles. The summed E-state index contributed by atoms with van der Waals surface area (Å²) in [6, 6.07) is 7.61. The van der Waals surface area contributed by atoms with Crippen molar-refractivity contribution in [2.75, 3.05) is 34.0 Å². The third kappa shape index (κ3) is 12.8. The van der Waals surface area contributed by atoms with E-state index in [1.54, 1.807) is 5.38 Å². The summed E-state index contributed by atoms with van der Waals surface area (Å²) in [4.78, 5) is 62.1. The summed E-state index contributed by atoms with van der Waals surface area (Å²) in [7, 11) is 3.53. The number of aliphatic carboxylic acids is 1. The van der Waals surface area contributed by atoms with Gasteiger partial charge in [-0.2, -0.15) is 0 Å². The fourth-order valence-electron chi connectivity index (χ4n) is 6.74. The van der Waals surface area contributed by atoms with Gasteiger partial charge >= 0.3 is 5.97 Å². The molecule has 1 fully saturated rings. The predicted octanol–water partition coefficient (Wildman–Crippen LogP) is 6.63. The Balaban J connectivity index is 0.00000901. The average Bonchev–Trinajstić information content (AvgIpc) is 3.60. The first-order valence-electron chi connectivity index (χ1n) is 18.1. The lowest BCUT2D eigenvalue weighted by Crippen LogP contribution is -2.50. The van der Waals surface area contributed by atoms with E-state index in [0.29, 0.717) is 18.0 Å². The van der Waals surface area contributed by atoms with Gasteiger partial charge in [0, 0.05) is 50.3 Å². The number of thiazole rings is 1. The standard InChI is InChI=1S/C38H58N4O7S.CH4/c1-8-18-42(37(45)28(26(5)9-2)21-33(43)31-17-13-14-19-41(31)6)32(25(3)4)22-34(49-24-48-7)36-40-30(23-50-36)35(44)39-29(38(46)47)20-27-15-11-10-12-16-27;/h10-12,15-16,23,25-26,28-29,31-32,34H,8-9,13-14,17-22,24H2,1-7H3,(H,39,44)(H,46,47);1H4/t26-,28?,29-,31?,32+,34+;/m0./s1. The van der Waals surface area contributed by atoms with Crippen LogP contribution in [0.5, 0.6) is 0 Å². The highest BCUT2D eigenvalue weighted by Crippen LogP contribution is 2.33. The predicted molar refractivity (Wildman–Crippen MR) is 202 cm³/mol. The van der Waals surface area contributed by atoms with Crippen LogP contribution in [-0.4, -0.2) is 95.6 Å². The summed E-state index contributed by atoms with van der Waals surface area (Å²) < 4.78 is 11.4. The smallest absolute Gasteiger partial charge is 0.326 e. The number of carbonyl (C=O) groups is 4. The van der Waals surface area contributed by atoms with Gasteiger partial charge in [-0.05, 0) is 50.3 Å². The summed E-state index contributed by atoms with van der Waals surface area (Å²) >= 11 is 1.25. The molecule has 0 aliphatic carbocycles. The Kier molecular flexibility index (Phi) is 19.0. The van der Waals surface area contributed by atoms with Crippen molar-refractivity contribution < 1.29 is 33.8 Å². The minimum Gasteiger partial charge on any atom is -0.480 e. The van der Waals surface area contributed by atoms with Crippen LogP contribution in [0.3, 0.4) is 0 Å². The molecule has 1 aromatic carbocycles. The molecule has 6 atom stereocenters. The van der Waals surface area contributed by atoms with Gasteiger partial charge in [-0.25, -0.2) is 9.78 Å². The number of aromatic nitrogens is 1. The van der Waals surface area contributed by atoms with Crippen molar-refractivity contribution >= 4 is 34.9 Å². The van der Waals surface area contributed by atoms with Crippen LogP contribution in [0.15, 0.2) is 35.7 Å². The monoisotopic (exact) mass is 730 g/mol. The van der Waals surface area contributed by atoms with E-state index in [2.05, 4.69) is 42.9 Å². The van der Waals surface area contributed by atoms with Gasteiger partial charge in [0.05, 0.1) is 6.04 Å². The Bertz CT molecular complexity index is 1370. The van der Waals surface area contributed by atoms with Crippen LogP contribution in [-0.2, 0) is 30.3 Å². The van der Waals surface area contributed by atoms with E-state index in [-0.39, 0.29) is 68.4 Å². The number of carboxylic acid groups (broad SMARTS) is 1. The number of likely N-dealkylation sites (tertiary alicyclic amines) is 1. The fourth-order valence-corrected chi connectivity index (χ4v) is 7.59. The Morgan fingerprint density at radius 1 is 1.12 bits per heavy atom. The molecule has 2 N–H and O–H groups in total. The lowest BCUT2D eigenvalue weighted by molar-refractivity contribution is -0.146. The van der Waals surface area contributed by atoms with Gasteiger partial charge in [-0.1, -0.05) is 85.2 Å². The van der Waals surface area contributed by atoms with Gasteiger partial charge in [0.15, 0.2) is 5.78 Å². The third-order valence-electron chi connectivity index (χ3n) is 9.89. The first-order valence-corrected chi connectivity index (χ1v) is 19.0. The number of amides is 2. The molecule has 1 aliphatic rings. The molecule has 3 rings (SSSR count). The van der Waals surface area contributed by atoms with Gasteiger partial charge < -0.3 is 24.8 Å². The summed E-state index contributed by atoms with van der Waals surface area (Å²) in [5, 5.41) is 14.6. The quantitative estimate of drug-likeness (QED) is 0.136. The molecule has 2 amide bonds. The Labute approximate surface area is 309 Å². The minimum absolute atomic E-state index is 0. The lowest BCUT2D eigenvalue weighted by atomic mass is 9.82. The maximum absolute atomic E-state index is 14.6. The van der Waals surface area contributed by atoms with Crippen molar-refractivity contribution in [3.05, 3.63) is 52.0 Å². The highest BCUT2D eigenvalue weighted by Gasteiger charge is 2.38. The zero-order valence-corrected chi connectivity index (χ0v) is 31.7. The third-order valence-corrected chi connectivity index (χ3v) is 10.8. The molecule has 1 saturated heterocycles. The zero-order chi connectivity index (χ0) is 36.8. The van der Waals surface area contributed by atoms with Gasteiger partial charge in [0.2, 0.25) is 5.91 Å². The maximum atomic E-state index is 14.6. The van der Waals surface area contributed by atoms with Crippen molar-refractivity contribution in [3.8, 4) is 0 Å². The average molecular weight is 731 g/mol. The van der Waals surface area contributed by atoms with E-state index < -0.39 is 29.9 Å². The van der Waals surface area contributed by atoms with Crippen LogP contribution in [0.4, 0.5) is 0 Å². The number of likely N-dealkylation sites (N-methyl/N-ethyl adjacent to an activating group) is 1. The van der Waals surface area contributed by atoms with Crippen LogP contribution in [0.2, 0.25) is 0 Å². The van der Waals surface area contributed by atoms with E-state index in [0.717, 1.165) is 44.2 Å². The Morgan fingerprint density at radius 2 is 1.82 bits per heavy atom. The number of methoxy groups -OCH3 is 1. The maximum Gasteiger partial charge on any atom is 0.326 e. The molecule has 286 valence electrons. The van der Waals surface area contributed by atoms with Crippen molar-refractivity contribution in [1.82, 2.24) is 20.1 Å². The van der Waals surface area contributed by atoms with Gasteiger partial charge in [-0.15, -0.1) is 11.3 Å². The molecule has 0 saturated carbocycles. The van der Waals surface area contributed by atoms with E-state index in [4.69, 9.17) is 9.47 Å². The van der Waals surface area contributed by atoms with Crippen molar-refractivity contribution in [2.45, 2.75) is 118 Å². The molecule has 1 aliphatic heterocycles. The van der Waals surface area contributed by atoms with Crippen molar-refractivity contribution in [2.24, 2.45) is 17.8 Å². The first kappa shape index (κ1) is 44.0. The molecular formula is C39H62N4O7S. The molecule has 1 aromatic heterocycles. The highest BCUT2D eigenvalue weighted by atomic mass is 32.1. The second-order valence-electron chi connectivity index (χ2n) is 13.9. The Hall–Kier alpha value is -3.19. The van der Waals surface area contributed by atoms with Crippen LogP contribution >= 0.6 is 11.3 Å². The lowest BCUT2D eigenvalue weighted by Gasteiger charge is -2.40. The van der Waals surface area contributed by atoms with Crippen LogP contribution in [0, 0.1) is 17.8 Å². The van der Waals surface area contributed by atoms with Crippen LogP contribution in [0.1, 0.15) is 114 Å². The summed E-state index contributed by atoms with van der Waals surface area (Å²) in [5.41, 5.74) is 0.889. The summed E-state index contributed by atoms with van der Waals surface area (Å²) in [6.07, 6.45) is 4.65. The van der Waals surface area contributed by atoms with Crippen molar-refractivity contribution in [3.63, 3.8) is 0 Å². The largest absolute Gasteiger partial charge is 0.480 e. The van der Waals surface area contributed by atoms with Crippen LogP contribution < -0.4 is 5.32 Å². The van der Waals surface area contributed by atoms with Crippen LogP contribution in [0.25, 0.3) is 0 Å². The number of carboxylic acids is 1. The first-order chi connectivity index (χ1) is 23.9. The number of nitrogens with zero attached hydrogens (tertiary/aromatic N) is 3. The number of ketones is 1. The number of Topliss-reactive ketones (excluding diaryl/α,β-unsaturated/α-hetero) is 1. The van der Waals surface area contributed by atoms with E-state index in [1.165, 1.54) is 18.4 Å². The van der Waals surface area contributed by atoms with E-state index in [1.807, 2.05) is 49.2 Å².